The monoisotopic (exact) mass is 356 g/mol. The molecule has 4 amide bonds. The maximum absolute atomic E-state index is 12.3. The van der Waals surface area contributed by atoms with Gasteiger partial charge in [0, 0.05) is 6.04 Å². The Kier molecular flexibility index (Phi) is 9.16. The van der Waals surface area contributed by atoms with Gasteiger partial charge in [0.25, 0.3) is 0 Å². The van der Waals surface area contributed by atoms with Crippen molar-refractivity contribution in [2.24, 2.45) is 17.1 Å². The van der Waals surface area contributed by atoms with Crippen LogP contribution in [0.25, 0.3) is 0 Å². The minimum Gasteiger partial charge on any atom is -0.369 e. The third-order valence-corrected chi connectivity index (χ3v) is 4.60. The Bertz CT molecular complexity index is 495. The fraction of sp³-hybridized carbons (Fsp3) is 0.765. The second-order valence-electron chi connectivity index (χ2n) is 7.00. The van der Waals surface area contributed by atoms with Gasteiger partial charge in [0.05, 0.1) is 5.41 Å². The highest BCUT2D eigenvalue weighted by Gasteiger charge is 2.38. The number of hydrogen-bond donors (Lipinski definition) is 4. The van der Waals surface area contributed by atoms with Crippen LogP contribution in [0.3, 0.4) is 0 Å². The molecule has 0 aromatic rings. The molecule has 0 aliphatic heterocycles. The first-order valence-electron chi connectivity index (χ1n) is 8.61. The molecule has 0 saturated carbocycles. The topological polar surface area (TPSA) is 130 Å². The standard InChI is InChI=1S/C17H32N4O4/c1-7-8-17(6,16(18)25)12(5)21-14(23)11(4)20-15(24)13(10(2)3)19-9-22/h9-13H,7-8H2,1-6H3,(H2,18,25)(H,19,22)(H,20,24)(H,21,23)/t11-,12?,13-,17-/m0/s1. The molecule has 0 aliphatic rings. The van der Waals surface area contributed by atoms with Crippen LogP contribution >= 0.6 is 0 Å². The summed E-state index contributed by atoms with van der Waals surface area (Å²) in [5, 5.41) is 7.76. The van der Waals surface area contributed by atoms with Crippen molar-refractivity contribution in [1.82, 2.24) is 16.0 Å². The highest BCUT2D eigenvalue weighted by molar-refractivity contribution is 5.91. The van der Waals surface area contributed by atoms with Crippen LogP contribution in [-0.2, 0) is 19.2 Å². The van der Waals surface area contributed by atoms with Gasteiger partial charge >= 0.3 is 0 Å². The average Bonchev–Trinajstić information content (AvgIpc) is 2.51. The molecule has 1 unspecified atom stereocenters. The number of amides is 4. The van der Waals surface area contributed by atoms with Crippen molar-refractivity contribution in [2.75, 3.05) is 0 Å². The lowest BCUT2D eigenvalue weighted by Crippen LogP contribution is -2.57. The van der Waals surface area contributed by atoms with Gasteiger partial charge in [-0.1, -0.05) is 27.2 Å². The van der Waals surface area contributed by atoms with Crippen LogP contribution in [0.4, 0.5) is 0 Å². The number of carbonyl (C=O) groups excluding carboxylic acids is 4. The summed E-state index contributed by atoms with van der Waals surface area (Å²) in [4.78, 5) is 46.9. The molecule has 0 fully saturated rings. The molecule has 0 aromatic heterocycles. The summed E-state index contributed by atoms with van der Waals surface area (Å²) < 4.78 is 0. The van der Waals surface area contributed by atoms with Gasteiger partial charge in [-0.25, -0.2) is 0 Å². The van der Waals surface area contributed by atoms with Crippen LogP contribution in [0.2, 0.25) is 0 Å². The highest BCUT2D eigenvalue weighted by atomic mass is 16.2. The van der Waals surface area contributed by atoms with Gasteiger partial charge in [-0.2, -0.15) is 0 Å². The normalized spacial score (nSPS) is 16.9. The number of carbonyl (C=O) groups is 4. The Labute approximate surface area is 149 Å². The number of hydrogen-bond acceptors (Lipinski definition) is 4. The van der Waals surface area contributed by atoms with E-state index >= 15 is 0 Å². The molecular formula is C17H32N4O4. The molecule has 0 aromatic carbocycles. The van der Waals surface area contributed by atoms with Crippen molar-refractivity contribution in [3.8, 4) is 0 Å². The van der Waals surface area contributed by atoms with Gasteiger partial charge in [0.1, 0.15) is 12.1 Å². The van der Waals surface area contributed by atoms with Crippen molar-refractivity contribution in [2.45, 2.75) is 72.5 Å². The van der Waals surface area contributed by atoms with Crippen LogP contribution in [0.15, 0.2) is 0 Å². The van der Waals surface area contributed by atoms with E-state index in [-0.39, 0.29) is 5.92 Å². The van der Waals surface area contributed by atoms with E-state index in [9.17, 15) is 19.2 Å². The van der Waals surface area contributed by atoms with Gasteiger partial charge in [0.2, 0.25) is 24.1 Å². The van der Waals surface area contributed by atoms with Crippen LogP contribution in [-0.4, -0.2) is 42.3 Å². The molecule has 0 saturated heterocycles. The molecule has 8 nitrogen and oxygen atoms in total. The third kappa shape index (κ3) is 6.36. The van der Waals surface area contributed by atoms with E-state index in [1.165, 1.54) is 0 Å². The van der Waals surface area contributed by atoms with Crippen LogP contribution in [0.5, 0.6) is 0 Å². The number of rotatable bonds is 11. The van der Waals surface area contributed by atoms with Gasteiger partial charge in [0.15, 0.2) is 0 Å². The first-order valence-corrected chi connectivity index (χ1v) is 8.61. The highest BCUT2D eigenvalue weighted by Crippen LogP contribution is 2.27. The van der Waals surface area contributed by atoms with E-state index in [4.69, 9.17) is 5.73 Å². The minimum atomic E-state index is -0.867. The third-order valence-electron chi connectivity index (χ3n) is 4.60. The zero-order valence-corrected chi connectivity index (χ0v) is 16.0. The summed E-state index contributed by atoms with van der Waals surface area (Å²) in [6.07, 6.45) is 1.75. The molecule has 5 N–H and O–H groups in total. The maximum atomic E-state index is 12.3. The van der Waals surface area contributed by atoms with Gasteiger partial charge in [-0.3, -0.25) is 19.2 Å². The lowest BCUT2D eigenvalue weighted by molar-refractivity contribution is -0.133. The fourth-order valence-corrected chi connectivity index (χ4v) is 2.58. The van der Waals surface area contributed by atoms with Gasteiger partial charge in [-0.15, -0.1) is 0 Å². The van der Waals surface area contributed by atoms with Crippen LogP contribution in [0, 0.1) is 11.3 Å². The number of primary amides is 1. The maximum Gasteiger partial charge on any atom is 0.243 e. The number of nitrogens with one attached hydrogen (secondary N) is 3. The van der Waals surface area contributed by atoms with E-state index in [1.807, 2.05) is 6.92 Å². The SMILES string of the molecule is CCC[C@](C)(C(N)=O)C(C)NC(=O)[C@H](C)NC(=O)[C@@H](NC=O)C(C)C. The van der Waals surface area contributed by atoms with Gasteiger partial charge < -0.3 is 21.7 Å². The Balaban J connectivity index is 4.92. The molecule has 0 spiro atoms. The molecular weight excluding hydrogens is 324 g/mol. The van der Waals surface area contributed by atoms with Crippen LogP contribution < -0.4 is 21.7 Å². The smallest absolute Gasteiger partial charge is 0.243 e. The summed E-state index contributed by atoms with van der Waals surface area (Å²) in [7, 11) is 0. The van der Waals surface area contributed by atoms with Crippen molar-refractivity contribution in [3.63, 3.8) is 0 Å². The molecule has 0 rings (SSSR count). The van der Waals surface area contributed by atoms with E-state index in [0.29, 0.717) is 12.8 Å². The van der Waals surface area contributed by atoms with E-state index in [1.54, 1.807) is 34.6 Å². The Morgan fingerprint density at radius 2 is 1.64 bits per heavy atom. The molecule has 0 heterocycles. The largest absolute Gasteiger partial charge is 0.369 e. The summed E-state index contributed by atoms with van der Waals surface area (Å²) >= 11 is 0. The quantitative estimate of drug-likeness (QED) is 0.390. The van der Waals surface area contributed by atoms with Gasteiger partial charge in [-0.05, 0) is 33.1 Å². The molecule has 0 bridgehead atoms. The summed E-state index contributed by atoms with van der Waals surface area (Å²) in [5.41, 5.74) is 4.63. The molecule has 4 atom stereocenters. The average molecular weight is 356 g/mol. The van der Waals surface area contributed by atoms with E-state index in [2.05, 4.69) is 16.0 Å². The second kappa shape index (κ2) is 10.0. The number of nitrogens with two attached hydrogens (primary N) is 1. The predicted octanol–water partition coefficient (Wildman–Crippen LogP) is 0.0581. The van der Waals surface area contributed by atoms with Crippen molar-refractivity contribution in [3.05, 3.63) is 0 Å². The van der Waals surface area contributed by atoms with Crippen molar-refractivity contribution < 1.29 is 19.2 Å². The van der Waals surface area contributed by atoms with Crippen molar-refractivity contribution in [1.29, 1.82) is 0 Å². The summed E-state index contributed by atoms with van der Waals surface area (Å²) in [6, 6.07) is -2.02. The minimum absolute atomic E-state index is 0.123. The molecule has 8 heteroatoms. The van der Waals surface area contributed by atoms with Crippen LogP contribution in [0.1, 0.15) is 54.4 Å². The first kappa shape index (κ1) is 22.9. The molecule has 0 radical (unpaired) electrons. The lowest BCUT2D eigenvalue weighted by atomic mass is 9.78. The van der Waals surface area contributed by atoms with Crippen molar-refractivity contribution >= 4 is 24.1 Å². The first-order chi connectivity index (χ1) is 11.5. The molecule has 0 aliphatic carbocycles. The Morgan fingerprint density at radius 3 is 2.04 bits per heavy atom. The Hall–Kier alpha value is -2.12. The zero-order chi connectivity index (χ0) is 19.8. The zero-order valence-electron chi connectivity index (χ0n) is 16.0. The Morgan fingerprint density at radius 1 is 1.08 bits per heavy atom. The predicted molar refractivity (Wildman–Crippen MR) is 95.2 cm³/mol. The second-order valence-corrected chi connectivity index (χ2v) is 7.00. The molecule has 144 valence electrons. The summed E-state index contributed by atoms with van der Waals surface area (Å²) in [6.45, 7) is 10.5. The molecule has 25 heavy (non-hydrogen) atoms. The van der Waals surface area contributed by atoms with E-state index < -0.39 is 41.3 Å². The fourth-order valence-electron chi connectivity index (χ4n) is 2.58. The summed E-state index contributed by atoms with van der Waals surface area (Å²) in [5.74, 6) is -1.46. The lowest BCUT2D eigenvalue weighted by Gasteiger charge is -2.33. The van der Waals surface area contributed by atoms with E-state index in [0.717, 1.165) is 6.42 Å².